The molecule has 0 aliphatic heterocycles. The summed E-state index contributed by atoms with van der Waals surface area (Å²) in [4.78, 5) is 32.4. The predicted octanol–water partition coefficient (Wildman–Crippen LogP) is 5.52. The van der Waals surface area contributed by atoms with Crippen molar-refractivity contribution in [3.8, 4) is 11.3 Å². The SMILES string of the molecule is CCCN(CC/C=C(/CC)C(=O)C1(N)CCC1)C(=O)c1ccc(-c2ccc3occc3n2)cc1. The minimum Gasteiger partial charge on any atom is -0.463 e. The predicted molar refractivity (Wildman–Crippen MR) is 134 cm³/mol. The summed E-state index contributed by atoms with van der Waals surface area (Å²) in [5.41, 5.74) is 10.4. The Kier molecular flexibility index (Phi) is 7.27. The topological polar surface area (TPSA) is 89.4 Å². The van der Waals surface area contributed by atoms with Gasteiger partial charge in [-0.2, -0.15) is 0 Å². The second-order valence-corrected chi connectivity index (χ2v) is 9.08. The van der Waals surface area contributed by atoms with Crippen LogP contribution in [0.2, 0.25) is 0 Å². The minimum atomic E-state index is -0.667. The molecule has 2 aromatic heterocycles. The zero-order valence-corrected chi connectivity index (χ0v) is 20.0. The Bertz CT molecular complexity index is 1190. The second-order valence-electron chi connectivity index (χ2n) is 9.08. The molecule has 1 fully saturated rings. The Morgan fingerprint density at radius 3 is 2.50 bits per heavy atom. The number of aromatic nitrogens is 1. The summed E-state index contributed by atoms with van der Waals surface area (Å²) in [5.74, 6) is 0.0751. The summed E-state index contributed by atoms with van der Waals surface area (Å²) >= 11 is 0. The van der Waals surface area contributed by atoms with Crippen molar-refractivity contribution < 1.29 is 14.0 Å². The molecule has 1 aliphatic rings. The van der Waals surface area contributed by atoms with Gasteiger partial charge in [0, 0.05) is 30.3 Å². The Morgan fingerprint density at radius 1 is 1.09 bits per heavy atom. The summed E-state index contributed by atoms with van der Waals surface area (Å²) in [5, 5.41) is 0. The number of carbonyl (C=O) groups is 2. The molecule has 6 nitrogen and oxygen atoms in total. The molecule has 0 spiro atoms. The smallest absolute Gasteiger partial charge is 0.253 e. The number of rotatable bonds is 10. The highest BCUT2D eigenvalue weighted by Gasteiger charge is 2.40. The lowest BCUT2D eigenvalue weighted by molar-refractivity contribution is -0.123. The highest BCUT2D eigenvalue weighted by Crippen LogP contribution is 2.33. The maximum Gasteiger partial charge on any atom is 0.253 e. The lowest BCUT2D eigenvalue weighted by Crippen LogP contribution is -2.54. The van der Waals surface area contributed by atoms with Crippen LogP contribution in [0.15, 0.2) is 64.8 Å². The van der Waals surface area contributed by atoms with Gasteiger partial charge in [-0.25, -0.2) is 4.98 Å². The van der Waals surface area contributed by atoms with E-state index in [0.717, 1.165) is 53.6 Å². The highest BCUT2D eigenvalue weighted by atomic mass is 16.3. The monoisotopic (exact) mass is 459 g/mol. The molecular weight excluding hydrogens is 426 g/mol. The van der Waals surface area contributed by atoms with Crippen LogP contribution in [0.3, 0.4) is 0 Å². The van der Waals surface area contributed by atoms with E-state index in [-0.39, 0.29) is 11.7 Å². The standard InChI is InChI=1S/C28H33N3O3/c1-3-17-31(18-5-7-20(4-2)26(32)28(29)15-6-16-28)27(33)22-10-8-21(9-11-22)23-12-13-25-24(30-23)14-19-34-25/h7-14,19H,3-6,15-18,29H2,1-2H3/b20-7-. The number of ketones is 1. The number of carbonyl (C=O) groups excluding carboxylic acids is 2. The fourth-order valence-electron chi connectivity index (χ4n) is 4.46. The molecule has 1 saturated carbocycles. The first kappa shape index (κ1) is 23.9. The highest BCUT2D eigenvalue weighted by molar-refractivity contribution is 6.03. The Hall–Kier alpha value is -3.25. The zero-order chi connectivity index (χ0) is 24.1. The lowest BCUT2D eigenvalue weighted by Gasteiger charge is -2.37. The molecule has 1 aliphatic carbocycles. The van der Waals surface area contributed by atoms with E-state index in [1.54, 1.807) is 6.26 Å². The number of nitrogens with two attached hydrogens (primary N) is 1. The molecule has 0 saturated heterocycles. The van der Waals surface area contributed by atoms with E-state index in [1.165, 1.54) is 0 Å². The van der Waals surface area contributed by atoms with E-state index in [9.17, 15) is 9.59 Å². The van der Waals surface area contributed by atoms with Crippen molar-refractivity contribution >= 4 is 22.8 Å². The van der Waals surface area contributed by atoms with Crippen LogP contribution in [0.1, 0.15) is 62.7 Å². The van der Waals surface area contributed by atoms with E-state index >= 15 is 0 Å². The quantitative estimate of drug-likeness (QED) is 0.403. The van der Waals surface area contributed by atoms with E-state index in [1.807, 2.05) is 60.4 Å². The summed E-state index contributed by atoms with van der Waals surface area (Å²) in [6.07, 6.45) is 8.34. The second kappa shape index (κ2) is 10.3. The summed E-state index contributed by atoms with van der Waals surface area (Å²) in [7, 11) is 0. The van der Waals surface area contributed by atoms with Crippen LogP contribution in [0.25, 0.3) is 22.4 Å². The Balaban J connectivity index is 1.43. The van der Waals surface area contributed by atoms with E-state index < -0.39 is 5.54 Å². The van der Waals surface area contributed by atoms with Crippen molar-refractivity contribution in [2.45, 2.75) is 57.9 Å². The van der Waals surface area contributed by atoms with Gasteiger partial charge < -0.3 is 15.1 Å². The first-order chi connectivity index (χ1) is 16.4. The van der Waals surface area contributed by atoms with Crippen LogP contribution in [-0.4, -0.2) is 40.2 Å². The maximum absolute atomic E-state index is 13.2. The van der Waals surface area contributed by atoms with Gasteiger partial charge in [-0.3, -0.25) is 9.59 Å². The third-order valence-corrected chi connectivity index (χ3v) is 6.68. The van der Waals surface area contributed by atoms with Gasteiger partial charge in [-0.1, -0.05) is 32.1 Å². The molecular formula is C28H33N3O3. The molecule has 34 heavy (non-hydrogen) atoms. The number of hydrogen-bond donors (Lipinski definition) is 1. The summed E-state index contributed by atoms with van der Waals surface area (Å²) < 4.78 is 5.36. The van der Waals surface area contributed by atoms with Gasteiger partial charge in [0.25, 0.3) is 5.91 Å². The fraction of sp³-hybridized carbons (Fsp3) is 0.393. The molecule has 1 aromatic carbocycles. The van der Waals surface area contributed by atoms with Crippen LogP contribution >= 0.6 is 0 Å². The largest absolute Gasteiger partial charge is 0.463 e. The molecule has 2 N–H and O–H groups in total. The number of pyridine rings is 1. The van der Waals surface area contributed by atoms with E-state index in [2.05, 4.69) is 11.9 Å². The Labute approximate surface area is 200 Å². The van der Waals surface area contributed by atoms with Crippen molar-refractivity contribution in [3.05, 3.63) is 65.9 Å². The average Bonchev–Trinajstić information content (AvgIpc) is 3.32. The van der Waals surface area contributed by atoms with Crippen molar-refractivity contribution in [1.82, 2.24) is 9.88 Å². The molecule has 0 atom stereocenters. The third-order valence-electron chi connectivity index (χ3n) is 6.68. The van der Waals surface area contributed by atoms with Crippen molar-refractivity contribution in [2.75, 3.05) is 13.1 Å². The van der Waals surface area contributed by atoms with Crippen molar-refractivity contribution in [3.63, 3.8) is 0 Å². The van der Waals surface area contributed by atoms with Gasteiger partial charge in [0.1, 0.15) is 5.52 Å². The minimum absolute atomic E-state index is 0.00120. The van der Waals surface area contributed by atoms with Crippen LogP contribution in [0, 0.1) is 0 Å². The molecule has 4 rings (SSSR count). The molecule has 6 heteroatoms. The van der Waals surface area contributed by atoms with Crippen LogP contribution in [0.5, 0.6) is 0 Å². The molecule has 1 amide bonds. The number of Topliss-reactive ketones (excluding diaryl/α,β-unsaturated/α-hetero) is 1. The number of hydrogen-bond acceptors (Lipinski definition) is 5. The molecule has 2 heterocycles. The first-order valence-corrected chi connectivity index (χ1v) is 12.2. The van der Waals surface area contributed by atoms with E-state index in [4.69, 9.17) is 10.2 Å². The number of benzene rings is 1. The van der Waals surface area contributed by atoms with Gasteiger partial charge >= 0.3 is 0 Å². The third kappa shape index (κ3) is 4.97. The maximum atomic E-state index is 13.2. The van der Waals surface area contributed by atoms with Crippen molar-refractivity contribution in [2.24, 2.45) is 5.73 Å². The van der Waals surface area contributed by atoms with Gasteiger partial charge in [0.05, 0.1) is 17.5 Å². The Morgan fingerprint density at radius 2 is 1.85 bits per heavy atom. The first-order valence-electron chi connectivity index (χ1n) is 12.2. The number of nitrogens with zero attached hydrogens (tertiary/aromatic N) is 2. The normalized spacial score (nSPS) is 15.2. The van der Waals surface area contributed by atoms with Crippen molar-refractivity contribution in [1.29, 1.82) is 0 Å². The molecule has 0 radical (unpaired) electrons. The average molecular weight is 460 g/mol. The number of furan rings is 1. The van der Waals surface area contributed by atoms with Crippen LogP contribution in [-0.2, 0) is 4.79 Å². The summed E-state index contributed by atoms with van der Waals surface area (Å²) in [6.45, 7) is 5.29. The molecule has 3 aromatic rings. The molecule has 0 bridgehead atoms. The number of amides is 1. The number of fused-ring (bicyclic) bond motifs is 1. The lowest BCUT2D eigenvalue weighted by atomic mass is 9.72. The molecule has 178 valence electrons. The summed E-state index contributed by atoms with van der Waals surface area (Å²) in [6, 6.07) is 13.2. The van der Waals surface area contributed by atoms with Gasteiger partial charge in [0.15, 0.2) is 11.4 Å². The van der Waals surface area contributed by atoms with Gasteiger partial charge in [-0.05, 0) is 68.4 Å². The van der Waals surface area contributed by atoms with Gasteiger partial charge in [-0.15, -0.1) is 0 Å². The van der Waals surface area contributed by atoms with Gasteiger partial charge in [0.2, 0.25) is 0 Å². The van der Waals surface area contributed by atoms with Crippen LogP contribution in [0.4, 0.5) is 0 Å². The van der Waals surface area contributed by atoms with Crippen LogP contribution < -0.4 is 5.73 Å². The van der Waals surface area contributed by atoms with E-state index in [0.29, 0.717) is 31.5 Å². The fourth-order valence-corrected chi connectivity index (χ4v) is 4.46. The zero-order valence-electron chi connectivity index (χ0n) is 20.0. The molecule has 0 unspecified atom stereocenters.